The summed E-state index contributed by atoms with van der Waals surface area (Å²) in [6.07, 6.45) is 15.6. The highest BCUT2D eigenvalue weighted by Gasteiger charge is 2.51. The number of piperazine rings is 1. The lowest BCUT2D eigenvalue weighted by atomic mass is 9.90. The molecule has 6 aromatic rings. The second-order valence-electron chi connectivity index (χ2n) is 20.3. The van der Waals surface area contributed by atoms with E-state index in [4.69, 9.17) is 31.6 Å². The van der Waals surface area contributed by atoms with Crippen LogP contribution in [-0.4, -0.2) is 123 Å². The van der Waals surface area contributed by atoms with E-state index in [0.717, 1.165) is 73.7 Å². The fraction of sp³-hybridized carbons (Fsp3) is 0.444. The van der Waals surface area contributed by atoms with E-state index in [1.807, 2.05) is 22.7 Å². The van der Waals surface area contributed by atoms with Gasteiger partial charge in [0.15, 0.2) is 11.6 Å². The lowest BCUT2D eigenvalue weighted by Crippen LogP contribution is -2.51. The van der Waals surface area contributed by atoms with Gasteiger partial charge in [0.25, 0.3) is 0 Å². The van der Waals surface area contributed by atoms with Crippen molar-refractivity contribution in [1.29, 1.82) is 0 Å². The number of aromatic nitrogens is 5. The van der Waals surface area contributed by atoms with E-state index in [-0.39, 0.29) is 72.5 Å². The molecule has 71 heavy (non-hydrogen) atoms. The molecule has 17 heteroatoms. The maximum Gasteiger partial charge on any atom is 0.409 e. The number of terminal acetylenes is 1. The fourth-order valence-corrected chi connectivity index (χ4v) is 12.1. The van der Waals surface area contributed by atoms with E-state index in [1.165, 1.54) is 11.6 Å². The Labute approximate surface area is 411 Å². The number of amides is 2. The third-order valence-corrected chi connectivity index (χ3v) is 15.7. The van der Waals surface area contributed by atoms with E-state index in [9.17, 15) is 9.59 Å². The molecule has 0 aliphatic carbocycles. The number of anilines is 2. The number of likely N-dealkylation sites (tertiary alicyclic amines) is 1. The average molecular weight is 964 g/mol. The number of fused-ring (bicyclic) bond motifs is 6. The summed E-state index contributed by atoms with van der Waals surface area (Å²) in [6.45, 7) is 8.66. The number of halogens is 2. The second-order valence-corrected chi connectivity index (χ2v) is 20.3. The number of benzene rings is 3. The first kappa shape index (κ1) is 46.5. The lowest BCUT2D eigenvalue weighted by Gasteiger charge is -2.35. The highest BCUT2D eigenvalue weighted by molar-refractivity contribution is 6.02. The number of ether oxygens (including phenoxy) is 2. The van der Waals surface area contributed by atoms with Gasteiger partial charge in [0.1, 0.15) is 36.1 Å². The summed E-state index contributed by atoms with van der Waals surface area (Å²) in [5.74, 6) is 2.68. The van der Waals surface area contributed by atoms with Crippen molar-refractivity contribution in [2.45, 2.75) is 87.9 Å². The molecule has 3 aromatic heterocycles. The Kier molecular flexibility index (Phi) is 12.5. The molecule has 368 valence electrons. The summed E-state index contributed by atoms with van der Waals surface area (Å²) in [6, 6.07) is 15.3. The standard InChI is InChI=1S/C54H59F2N11O4/c1-4-39-43(55)15-11-35-6-5-7-41(46(35)39)48-47(56)49-42(26-59-48)51(66-28-36-12-13-37(29-66)60-36)62-52(61-49)71-31-54-20-16-38(67(54)27-32(2)25-54)30-70-53(69)65-22-18-33(19-23-65)8-9-34-10-14-40-44(24-34)64(3)63-50(40)58-21-17-45(57)68/h1,5-7,10-11,14-15,24,26,33,36-38,60H,2,8-9,12-13,16-23,25,27-31H2,3H3,(H2,57,68)(H,58,63)/t36?,37?,38-,54-/m0/s1. The molecule has 11 rings (SSSR count). The van der Waals surface area contributed by atoms with Crippen LogP contribution in [-0.2, 0) is 23.0 Å². The number of carbonyl (C=O) groups is 2. The van der Waals surface area contributed by atoms with Crippen LogP contribution in [0.5, 0.6) is 6.01 Å². The Morgan fingerprint density at radius 2 is 1.86 bits per heavy atom. The number of primary amides is 1. The molecule has 3 aromatic carbocycles. The summed E-state index contributed by atoms with van der Waals surface area (Å²) in [7, 11) is 1.92. The average Bonchev–Trinajstić information content (AvgIpc) is 4.09. The first-order valence-corrected chi connectivity index (χ1v) is 24.9. The molecule has 5 aliphatic heterocycles. The normalized spacial score (nSPS) is 22.4. The third kappa shape index (κ3) is 8.96. The van der Waals surface area contributed by atoms with Crippen molar-refractivity contribution in [3.63, 3.8) is 0 Å². The monoisotopic (exact) mass is 963 g/mol. The van der Waals surface area contributed by atoms with Gasteiger partial charge in [-0.25, -0.2) is 13.6 Å². The SMILES string of the molecule is C#Cc1c(F)ccc2cccc(-c3ncc4c(N5CC6CCC(C5)N6)nc(OC[C@@]56CC[C@@H](COC(=O)N7CCC(CCc8ccc9c(NCCC(N)=O)nn(C)c9c8)CC7)N5CC(=C)C6)nc4c3F)c12. The molecule has 5 saturated heterocycles. The summed E-state index contributed by atoms with van der Waals surface area (Å²) < 4.78 is 46.8. The molecule has 0 radical (unpaired) electrons. The van der Waals surface area contributed by atoms with Gasteiger partial charge in [-0.1, -0.05) is 48.4 Å². The van der Waals surface area contributed by atoms with Gasteiger partial charge in [0, 0.05) is 93.4 Å². The molecule has 8 heterocycles. The van der Waals surface area contributed by atoms with Gasteiger partial charge in [-0.3, -0.25) is 19.4 Å². The predicted octanol–water partition coefficient (Wildman–Crippen LogP) is 7.24. The van der Waals surface area contributed by atoms with Crippen LogP contribution in [0, 0.1) is 29.9 Å². The maximum atomic E-state index is 17.2. The summed E-state index contributed by atoms with van der Waals surface area (Å²) in [5.41, 5.74) is 8.70. The zero-order valence-electron chi connectivity index (χ0n) is 40.1. The van der Waals surface area contributed by atoms with Crippen LogP contribution in [0.15, 0.2) is 66.9 Å². The molecular weight excluding hydrogens is 905 g/mol. The van der Waals surface area contributed by atoms with Crippen molar-refractivity contribution in [2.75, 3.05) is 62.7 Å². The smallest absolute Gasteiger partial charge is 0.409 e. The Morgan fingerprint density at radius 3 is 2.65 bits per heavy atom. The highest BCUT2D eigenvalue weighted by Crippen LogP contribution is 2.45. The molecule has 5 aliphatic rings. The minimum absolute atomic E-state index is 0.00972. The molecule has 2 bridgehead atoms. The highest BCUT2D eigenvalue weighted by atomic mass is 19.1. The van der Waals surface area contributed by atoms with Crippen molar-refractivity contribution in [3.05, 3.63) is 89.6 Å². The third-order valence-electron chi connectivity index (χ3n) is 15.7. The largest absolute Gasteiger partial charge is 0.461 e. The number of nitrogens with zero attached hydrogens (tertiary/aromatic N) is 8. The lowest BCUT2D eigenvalue weighted by molar-refractivity contribution is -0.117. The first-order chi connectivity index (χ1) is 34.4. The van der Waals surface area contributed by atoms with Crippen molar-refractivity contribution < 1.29 is 27.8 Å². The molecule has 15 nitrogen and oxygen atoms in total. The number of nitrogens with one attached hydrogen (secondary N) is 2. The Bertz CT molecular complexity index is 3120. The Hall–Kier alpha value is -6.90. The molecule has 0 spiro atoms. The van der Waals surface area contributed by atoms with E-state index >= 15 is 8.78 Å². The van der Waals surface area contributed by atoms with E-state index < -0.39 is 17.2 Å². The molecule has 4 N–H and O–H groups in total. The zero-order chi connectivity index (χ0) is 49.0. The predicted molar refractivity (Wildman–Crippen MR) is 269 cm³/mol. The minimum Gasteiger partial charge on any atom is -0.461 e. The summed E-state index contributed by atoms with van der Waals surface area (Å²) in [4.78, 5) is 45.5. The van der Waals surface area contributed by atoms with Gasteiger partial charge in [-0.05, 0) is 92.9 Å². The Balaban J connectivity index is 0.747. The molecule has 0 saturated carbocycles. The number of carbonyl (C=O) groups excluding carboxylic acids is 2. The summed E-state index contributed by atoms with van der Waals surface area (Å²) in [5, 5.41) is 14.0. The zero-order valence-corrected chi connectivity index (χ0v) is 40.1. The fourth-order valence-electron chi connectivity index (χ4n) is 12.1. The van der Waals surface area contributed by atoms with Gasteiger partial charge < -0.3 is 35.6 Å². The number of nitrogens with two attached hydrogens (primary N) is 1. The van der Waals surface area contributed by atoms with Crippen LogP contribution >= 0.6 is 0 Å². The Morgan fingerprint density at radius 1 is 1.04 bits per heavy atom. The number of piperidine rings is 1. The van der Waals surface area contributed by atoms with E-state index in [0.29, 0.717) is 79.1 Å². The quantitative estimate of drug-likeness (QED) is 0.0741. The van der Waals surface area contributed by atoms with Crippen LogP contribution in [0.4, 0.5) is 25.2 Å². The van der Waals surface area contributed by atoms with Crippen LogP contribution < -0.4 is 26.0 Å². The number of rotatable bonds is 14. The molecule has 4 atom stereocenters. The van der Waals surface area contributed by atoms with Crippen LogP contribution in [0.1, 0.15) is 68.9 Å². The number of pyridine rings is 1. The van der Waals surface area contributed by atoms with E-state index in [1.54, 1.807) is 24.4 Å². The molecule has 2 unspecified atom stereocenters. The summed E-state index contributed by atoms with van der Waals surface area (Å²) >= 11 is 0. The van der Waals surface area contributed by atoms with Crippen LogP contribution in [0.3, 0.4) is 0 Å². The minimum atomic E-state index is -0.669. The van der Waals surface area contributed by atoms with Crippen LogP contribution in [0.25, 0.3) is 43.8 Å². The van der Waals surface area contributed by atoms with Gasteiger partial charge in [0.2, 0.25) is 5.91 Å². The number of hydrogen-bond donors (Lipinski definition) is 3. The van der Waals surface area contributed by atoms with Gasteiger partial charge >= 0.3 is 12.1 Å². The number of hydrogen-bond acceptors (Lipinski definition) is 12. The van der Waals surface area contributed by atoms with Gasteiger partial charge in [0.05, 0.1) is 22.0 Å². The van der Waals surface area contributed by atoms with Crippen molar-refractivity contribution in [3.8, 4) is 29.6 Å². The molecular formula is C54H59F2N11O4. The number of aryl methyl sites for hydroxylation is 2. The van der Waals surface area contributed by atoms with Gasteiger partial charge in [-0.2, -0.15) is 15.1 Å². The second kappa shape index (κ2) is 19.0. The van der Waals surface area contributed by atoms with Crippen molar-refractivity contribution in [2.24, 2.45) is 18.7 Å². The van der Waals surface area contributed by atoms with Crippen molar-refractivity contribution >= 4 is 56.2 Å². The topological polar surface area (TPSA) is 169 Å². The maximum absolute atomic E-state index is 17.2. The molecule has 2 amide bonds. The first-order valence-electron chi connectivity index (χ1n) is 24.9. The van der Waals surface area contributed by atoms with Gasteiger partial charge in [-0.15, -0.1) is 6.42 Å². The molecule has 5 fully saturated rings. The van der Waals surface area contributed by atoms with Crippen molar-refractivity contribution in [1.82, 2.24) is 39.8 Å². The van der Waals surface area contributed by atoms with Crippen LogP contribution in [0.2, 0.25) is 0 Å². The van der Waals surface area contributed by atoms with E-state index in [2.05, 4.69) is 61.2 Å².